The van der Waals surface area contributed by atoms with Gasteiger partial charge in [-0.1, -0.05) is 12.1 Å². The second-order valence-corrected chi connectivity index (χ2v) is 3.93. The molecule has 18 heavy (non-hydrogen) atoms. The maximum absolute atomic E-state index is 13.6. The van der Waals surface area contributed by atoms with Crippen LogP contribution < -0.4 is 0 Å². The summed E-state index contributed by atoms with van der Waals surface area (Å²) in [5, 5.41) is 13.2. The molecule has 0 bridgehead atoms. The van der Waals surface area contributed by atoms with Crippen molar-refractivity contribution in [3.05, 3.63) is 41.5 Å². The summed E-state index contributed by atoms with van der Waals surface area (Å²) < 4.78 is 15.3. The van der Waals surface area contributed by atoms with Gasteiger partial charge in [-0.05, 0) is 19.9 Å². The van der Waals surface area contributed by atoms with Crippen molar-refractivity contribution >= 4 is 5.97 Å². The molecule has 0 aliphatic carbocycles. The number of aromatic nitrogens is 2. The van der Waals surface area contributed by atoms with Crippen molar-refractivity contribution < 1.29 is 14.3 Å². The molecule has 0 spiro atoms. The van der Waals surface area contributed by atoms with Gasteiger partial charge in [0.1, 0.15) is 11.4 Å². The number of aryl methyl sites for hydroxylation is 1. The zero-order valence-corrected chi connectivity index (χ0v) is 10.1. The van der Waals surface area contributed by atoms with Crippen LogP contribution in [0.25, 0.3) is 11.1 Å². The fraction of sp³-hybridized carbons (Fsp3) is 0.231. The van der Waals surface area contributed by atoms with E-state index < -0.39 is 11.8 Å². The van der Waals surface area contributed by atoms with Crippen molar-refractivity contribution in [3.63, 3.8) is 0 Å². The Balaban J connectivity index is 2.67. The number of hydrogen-bond donors (Lipinski definition) is 1. The zero-order chi connectivity index (χ0) is 13.3. The Hall–Kier alpha value is -2.17. The highest BCUT2D eigenvalue weighted by atomic mass is 19.1. The Morgan fingerprint density at radius 1 is 1.44 bits per heavy atom. The predicted octanol–water partition coefficient (Wildman–Crippen LogP) is 2.72. The van der Waals surface area contributed by atoms with E-state index in [1.54, 1.807) is 16.9 Å². The highest BCUT2D eigenvalue weighted by Crippen LogP contribution is 2.28. The summed E-state index contributed by atoms with van der Waals surface area (Å²) in [4.78, 5) is 11.1. The third-order valence-electron chi connectivity index (χ3n) is 2.92. The molecule has 2 aromatic rings. The van der Waals surface area contributed by atoms with Gasteiger partial charge in [-0.3, -0.25) is 4.68 Å². The van der Waals surface area contributed by atoms with Crippen LogP contribution in [-0.4, -0.2) is 20.9 Å². The minimum atomic E-state index is -1.27. The first-order chi connectivity index (χ1) is 8.56. The lowest BCUT2D eigenvalue weighted by molar-refractivity contribution is 0.0693. The quantitative estimate of drug-likeness (QED) is 0.908. The normalized spacial score (nSPS) is 10.6. The number of aromatic carboxylic acids is 1. The number of benzene rings is 1. The van der Waals surface area contributed by atoms with Crippen molar-refractivity contribution in [2.75, 3.05) is 0 Å². The van der Waals surface area contributed by atoms with E-state index in [2.05, 4.69) is 5.10 Å². The Morgan fingerprint density at radius 2 is 2.17 bits per heavy atom. The second-order valence-electron chi connectivity index (χ2n) is 3.93. The standard InChI is InChI=1S/C13H13FN2O2/c1-3-16-8(2)10(7-15-16)9-5-4-6-11(14)12(9)13(17)18/h4-7H,3H2,1-2H3,(H,17,18). The zero-order valence-electron chi connectivity index (χ0n) is 10.1. The van der Waals surface area contributed by atoms with E-state index in [1.807, 2.05) is 13.8 Å². The highest BCUT2D eigenvalue weighted by Gasteiger charge is 2.19. The van der Waals surface area contributed by atoms with Crippen LogP contribution in [0.2, 0.25) is 0 Å². The Bertz CT molecular complexity index is 605. The molecule has 1 aromatic heterocycles. The lowest BCUT2D eigenvalue weighted by Crippen LogP contribution is -2.04. The molecule has 0 atom stereocenters. The van der Waals surface area contributed by atoms with E-state index in [4.69, 9.17) is 5.11 Å². The molecule has 1 N–H and O–H groups in total. The Morgan fingerprint density at radius 3 is 2.72 bits per heavy atom. The fourth-order valence-corrected chi connectivity index (χ4v) is 2.00. The van der Waals surface area contributed by atoms with Gasteiger partial charge >= 0.3 is 5.97 Å². The summed E-state index contributed by atoms with van der Waals surface area (Å²) in [5.41, 5.74) is 1.52. The number of hydrogen-bond acceptors (Lipinski definition) is 2. The lowest BCUT2D eigenvalue weighted by atomic mass is 10.00. The molecule has 4 nitrogen and oxygen atoms in total. The van der Waals surface area contributed by atoms with E-state index in [1.165, 1.54) is 6.07 Å². The molecule has 1 aromatic carbocycles. The minimum absolute atomic E-state index is 0.309. The summed E-state index contributed by atoms with van der Waals surface area (Å²) in [5.74, 6) is -2.00. The Kier molecular flexibility index (Phi) is 3.14. The van der Waals surface area contributed by atoms with E-state index in [0.29, 0.717) is 17.7 Å². The predicted molar refractivity (Wildman–Crippen MR) is 65.0 cm³/mol. The van der Waals surface area contributed by atoms with Gasteiger partial charge in [0.2, 0.25) is 0 Å². The van der Waals surface area contributed by atoms with Gasteiger partial charge in [-0.15, -0.1) is 0 Å². The minimum Gasteiger partial charge on any atom is -0.478 e. The van der Waals surface area contributed by atoms with Crippen molar-refractivity contribution in [1.29, 1.82) is 0 Å². The summed E-state index contributed by atoms with van der Waals surface area (Å²) in [7, 11) is 0. The smallest absolute Gasteiger partial charge is 0.339 e. The van der Waals surface area contributed by atoms with Crippen molar-refractivity contribution in [2.24, 2.45) is 0 Å². The number of carboxylic acids is 1. The molecular weight excluding hydrogens is 235 g/mol. The maximum Gasteiger partial charge on any atom is 0.339 e. The number of nitrogens with zero attached hydrogens (tertiary/aromatic N) is 2. The number of halogens is 1. The summed E-state index contributed by atoms with van der Waals surface area (Å²) in [6.45, 7) is 4.46. The molecule has 0 radical (unpaired) electrons. The number of carbonyl (C=O) groups is 1. The largest absolute Gasteiger partial charge is 0.478 e. The number of rotatable bonds is 3. The molecule has 0 fully saturated rings. The van der Waals surface area contributed by atoms with E-state index in [9.17, 15) is 9.18 Å². The summed E-state index contributed by atoms with van der Waals surface area (Å²) >= 11 is 0. The topological polar surface area (TPSA) is 55.1 Å². The van der Waals surface area contributed by atoms with Crippen LogP contribution >= 0.6 is 0 Å². The van der Waals surface area contributed by atoms with Crippen molar-refractivity contribution in [1.82, 2.24) is 9.78 Å². The van der Waals surface area contributed by atoms with Crippen LogP contribution in [-0.2, 0) is 6.54 Å². The van der Waals surface area contributed by atoms with Crippen LogP contribution in [0.4, 0.5) is 4.39 Å². The second kappa shape index (κ2) is 4.60. The van der Waals surface area contributed by atoms with E-state index >= 15 is 0 Å². The average Bonchev–Trinajstić information content (AvgIpc) is 2.69. The molecule has 0 aliphatic rings. The molecular formula is C13H13FN2O2. The first kappa shape index (κ1) is 12.3. The van der Waals surface area contributed by atoms with Gasteiger partial charge in [-0.25, -0.2) is 9.18 Å². The molecule has 1 heterocycles. The van der Waals surface area contributed by atoms with Crippen LogP contribution in [0.15, 0.2) is 24.4 Å². The highest BCUT2D eigenvalue weighted by molar-refractivity contribution is 5.96. The lowest BCUT2D eigenvalue weighted by Gasteiger charge is -2.07. The molecule has 0 saturated heterocycles. The van der Waals surface area contributed by atoms with Crippen molar-refractivity contribution in [2.45, 2.75) is 20.4 Å². The molecule has 0 amide bonds. The van der Waals surface area contributed by atoms with Crippen molar-refractivity contribution in [3.8, 4) is 11.1 Å². The molecule has 0 aliphatic heterocycles. The molecule has 2 rings (SSSR count). The SMILES string of the molecule is CCn1ncc(-c2cccc(F)c2C(=O)O)c1C. The van der Waals surface area contributed by atoms with Crippen LogP contribution in [0.5, 0.6) is 0 Å². The van der Waals surface area contributed by atoms with Gasteiger partial charge in [0, 0.05) is 23.4 Å². The molecule has 5 heteroatoms. The third kappa shape index (κ3) is 1.88. The van der Waals surface area contributed by atoms with Crippen LogP contribution in [0.3, 0.4) is 0 Å². The van der Waals surface area contributed by atoms with Gasteiger partial charge < -0.3 is 5.11 Å². The van der Waals surface area contributed by atoms with Gasteiger partial charge in [-0.2, -0.15) is 5.10 Å². The monoisotopic (exact) mass is 248 g/mol. The average molecular weight is 248 g/mol. The summed E-state index contributed by atoms with van der Waals surface area (Å²) in [6, 6.07) is 4.24. The molecule has 0 unspecified atom stereocenters. The molecule has 94 valence electrons. The Labute approximate surface area is 104 Å². The van der Waals surface area contributed by atoms with Gasteiger partial charge in [0.05, 0.1) is 6.20 Å². The summed E-state index contributed by atoms with van der Waals surface area (Å²) in [6.07, 6.45) is 1.57. The van der Waals surface area contributed by atoms with Gasteiger partial charge in [0.25, 0.3) is 0 Å². The van der Waals surface area contributed by atoms with E-state index in [-0.39, 0.29) is 5.56 Å². The van der Waals surface area contributed by atoms with Gasteiger partial charge in [0.15, 0.2) is 0 Å². The maximum atomic E-state index is 13.6. The third-order valence-corrected chi connectivity index (χ3v) is 2.92. The van der Waals surface area contributed by atoms with Crippen LogP contribution in [0, 0.1) is 12.7 Å². The first-order valence-electron chi connectivity index (χ1n) is 5.60. The fourth-order valence-electron chi connectivity index (χ4n) is 2.00. The first-order valence-corrected chi connectivity index (χ1v) is 5.60. The molecule has 0 saturated carbocycles. The van der Waals surface area contributed by atoms with Crippen LogP contribution in [0.1, 0.15) is 23.0 Å². The van der Waals surface area contributed by atoms with E-state index in [0.717, 1.165) is 11.8 Å². The number of carboxylic acid groups (broad SMARTS) is 1.